The molecule has 0 amide bonds. The molecule has 0 aromatic carbocycles. The zero-order valence-electron chi connectivity index (χ0n) is 7.82. The highest BCUT2D eigenvalue weighted by molar-refractivity contribution is 5.81. The van der Waals surface area contributed by atoms with Gasteiger partial charge < -0.3 is 4.74 Å². The predicted molar refractivity (Wildman–Crippen MR) is 47.7 cm³/mol. The fourth-order valence-corrected chi connectivity index (χ4v) is 0.690. The molecule has 2 unspecified atom stereocenters. The number of isocyanates is 1. The molecule has 4 heteroatoms. The molecule has 0 aromatic rings. The fourth-order valence-electron chi connectivity index (χ4n) is 0.690. The average Bonchev–Trinajstić information content (AvgIpc) is 2.15. The zero-order chi connectivity index (χ0) is 10.3. The van der Waals surface area contributed by atoms with Crippen LogP contribution in [0.3, 0.4) is 0 Å². The standard InChI is InChI=1S/C9H13NO3/c1-4-7(3)9(10-6-11)13-8(12)5-2/h5,7,9H,2,4H2,1,3H3. The van der Waals surface area contributed by atoms with E-state index >= 15 is 0 Å². The highest BCUT2D eigenvalue weighted by Gasteiger charge is 2.17. The van der Waals surface area contributed by atoms with Gasteiger partial charge in [-0.25, -0.2) is 9.59 Å². The number of nitrogens with zero attached hydrogens (tertiary/aromatic N) is 1. The van der Waals surface area contributed by atoms with Crippen molar-refractivity contribution in [1.29, 1.82) is 0 Å². The van der Waals surface area contributed by atoms with Crippen LogP contribution in [0.4, 0.5) is 0 Å². The molecular formula is C9H13NO3. The molecule has 0 heterocycles. The van der Waals surface area contributed by atoms with E-state index in [9.17, 15) is 9.59 Å². The van der Waals surface area contributed by atoms with Gasteiger partial charge in [0.05, 0.1) is 0 Å². The molecule has 0 aliphatic rings. The van der Waals surface area contributed by atoms with Crippen molar-refractivity contribution in [3.8, 4) is 0 Å². The Labute approximate surface area is 77.3 Å². The fraction of sp³-hybridized carbons (Fsp3) is 0.556. The highest BCUT2D eigenvalue weighted by atomic mass is 16.6. The Bertz CT molecular complexity index is 231. The summed E-state index contributed by atoms with van der Waals surface area (Å²) in [5.41, 5.74) is 0. The second-order valence-electron chi connectivity index (χ2n) is 2.64. The molecule has 4 nitrogen and oxygen atoms in total. The van der Waals surface area contributed by atoms with E-state index in [1.165, 1.54) is 6.08 Å². The van der Waals surface area contributed by atoms with Crippen molar-refractivity contribution in [2.45, 2.75) is 26.5 Å². The summed E-state index contributed by atoms with van der Waals surface area (Å²) in [6.07, 6.45) is 2.43. The van der Waals surface area contributed by atoms with Crippen LogP contribution in [-0.2, 0) is 14.3 Å². The molecule has 0 spiro atoms. The lowest BCUT2D eigenvalue weighted by Crippen LogP contribution is -2.21. The first-order valence-electron chi connectivity index (χ1n) is 4.05. The number of rotatable bonds is 5. The van der Waals surface area contributed by atoms with Crippen LogP contribution in [0.2, 0.25) is 0 Å². The minimum absolute atomic E-state index is 0.00495. The van der Waals surface area contributed by atoms with E-state index < -0.39 is 12.2 Å². The van der Waals surface area contributed by atoms with E-state index in [-0.39, 0.29) is 5.92 Å². The van der Waals surface area contributed by atoms with Crippen molar-refractivity contribution in [3.63, 3.8) is 0 Å². The lowest BCUT2D eigenvalue weighted by Gasteiger charge is -2.16. The molecule has 0 aromatic heterocycles. The number of hydrogen-bond donors (Lipinski definition) is 0. The monoisotopic (exact) mass is 183 g/mol. The Hall–Kier alpha value is -1.41. The predicted octanol–water partition coefficient (Wildman–Crippen LogP) is 1.42. The van der Waals surface area contributed by atoms with Crippen LogP contribution < -0.4 is 0 Å². The third-order valence-electron chi connectivity index (χ3n) is 1.71. The van der Waals surface area contributed by atoms with E-state index in [0.29, 0.717) is 0 Å². The van der Waals surface area contributed by atoms with Gasteiger partial charge in [-0.1, -0.05) is 20.4 Å². The first kappa shape index (κ1) is 11.6. The van der Waals surface area contributed by atoms with Crippen LogP contribution in [-0.4, -0.2) is 18.3 Å². The van der Waals surface area contributed by atoms with Crippen molar-refractivity contribution in [2.75, 3.05) is 0 Å². The molecule has 0 N–H and O–H groups in total. The Balaban J connectivity index is 4.33. The van der Waals surface area contributed by atoms with Crippen LogP contribution in [0.15, 0.2) is 17.6 Å². The summed E-state index contributed by atoms with van der Waals surface area (Å²) in [7, 11) is 0. The first-order valence-corrected chi connectivity index (χ1v) is 4.05. The number of esters is 1. The average molecular weight is 183 g/mol. The van der Waals surface area contributed by atoms with Gasteiger partial charge in [0.2, 0.25) is 12.3 Å². The van der Waals surface area contributed by atoms with Crippen molar-refractivity contribution < 1.29 is 14.3 Å². The largest absolute Gasteiger partial charge is 0.435 e. The molecule has 0 saturated carbocycles. The summed E-state index contributed by atoms with van der Waals surface area (Å²) in [5.74, 6) is -0.574. The van der Waals surface area contributed by atoms with Gasteiger partial charge in [0.15, 0.2) is 0 Å². The minimum Gasteiger partial charge on any atom is -0.435 e. The van der Waals surface area contributed by atoms with Crippen molar-refractivity contribution in [2.24, 2.45) is 10.9 Å². The van der Waals surface area contributed by atoms with E-state index in [1.54, 1.807) is 0 Å². The van der Waals surface area contributed by atoms with Gasteiger partial charge in [0.25, 0.3) is 0 Å². The van der Waals surface area contributed by atoms with E-state index in [0.717, 1.165) is 12.5 Å². The summed E-state index contributed by atoms with van der Waals surface area (Å²) >= 11 is 0. The molecule has 0 aliphatic carbocycles. The van der Waals surface area contributed by atoms with E-state index in [2.05, 4.69) is 11.6 Å². The van der Waals surface area contributed by atoms with Gasteiger partial charge in [0.1, 0.15) is 0 Å². The second-order valence-corrected chi connectivity index (χ2v) is 2.64. The van der Waals surface area contributed by atoms with Gasteiger partial charge in [0, 0.05) is 12.0 Å². The number of carbonyl (C=O) groups is 1. The molecular weight excluding hydrogens is 170 g/mol. The Kier molecular flexibility index (Phi) is 5.48. The lowest BCUT2D eigenvalue weighted by atomic mass is 10.1. The smallest absolute Gasteiger partial charge is 0.332 e. The van der Waals surface area contributed by atoms with Crippen LogP contribution in [0.5, 0.6) is 0 Å². The van der Waals surface area contributed by atoms with Gasteiger partial charge in [-0.2, -0.15) is 4.99 Å². The maximum Gasteiger partial charge on any atom is 0.332 e. The third kappa shape index (κ3) is 4.23. The molecule has 0 radical (unpaired) electrons. The quantitative estimate of drug-likeness (QED) is 0.280. The lowest BCUT2D eigenvalue weighted by molar-refractivity contribution is -0.144. The van der Waals surface area contributed by atoms with Gasteiger partial charge in [-0.15, -0.1) is 0 Å². The topological polar surface area (TPSA) is 55.7 Å². The first-order chi connectivity index (χ1) is 6.15. The third-order valence-corrected chi connectivity index (χ3v) is 1.71. The summed E-state index contributed by atoms with van der Waals surface area (Å²) in [6.45, 7) is 7.00. The Morgan fingerprint density at radius 1 is 1.77 bits per heavy atom. The number of carbonyl (C=O) groups excluding carboxylic acids is 2. The van der Waals surface area contributed by atoms with Crippen LogP contribution in [0, 0.1) is 5.92 Å². The zero-order valence-corrected chi connectivity index (χ0v) is 7.82. The Morgan fingerprint density at radius 2 is 2.38 bits per heavy atom. The molecule has 13 heavy (non-hydrogen) atoms. The molecule has 0 rings (SSSR count). The molecule has 0 fully saturated rings. The number of ether oxygens (including phenoxy) is 1. The van der Waals surface area contributed by atoms with Crippen molar-refractivity contribution in [3.05, 3.63) is 12.7 Å². The molecule has 72 valence electrons. The molecule has 0 bridgehead atoms. The summed E-state index contributed by atoms with van der Waals surface area (Å²) < 4.78 is 4.81. The Morgan fingerprint density at radius 3 is 2.77 bits per heavy atom. The van der Waals surface area contributed by atoms with Gasteiger partial charge >= 0.3 is 5.97 Å². The van der Waals surface area contributed by atoms with Gasteiger partial charge in [-0.3, -0.25) is 0 Å². The minimum atomic E-state index is -0.743. The van der Waals surface area contributed by atoms with Crippen molar-refractivity contribution >= 4 is 12.0 Å². The molecule has 0 aliphatic heterocycles. The van der Waals surface area contributed by atoms with E-state index in [4.69, 9.17) is 4.74 Å². The SMILES string of the molecule is C=CC(=O)OC(N=C=O)C(C)CC. The molecule has 0 saturated heterocycles. The van der Waals surface area contributed by atoms with Crippen LogP contribution in [0.25, 0.3) is 0 Å². The maximum absolute atomic E-state index is 10.8. The summed E-state index contributed by atoms with van der Waals surface area (Å²) in [6, 6.07) is 0. The van der Waals surface area contributed by atoms with Crippen LogP contribution in [0.1, 0.15) is 20.3 Å². The van der Waals surface area contributed by atoms with Crippen molar-refractivity contribution in [1.82, 2.24) is 0 Å². The second kappa shape index (κ2) is 6.14. The molecule has 2 atom stereocenters. The summed E-state index contributed by atoms with van der Waals surface area (Å²) in [4.78, 5) is 24.2. The van der Waals surface area contributed by atoms with Gasteiger partial charge in [-0.05, 0) is 6.42 Å². The number of hydrogen-bond acceptors (Lipinski definition) is 4. The van der Waals surface area contributed by atoms with Crippen LogP contribution >= 0.6 is 0 Å². The van der Waals surface area contributed by atoms with E-state index in [1.807, 2.05) is 13.8 Å². The number of aliphatic imine (C=N–C) groups is 1. The highest BCUT2D eigenvalue weighted by Crippen LogP contribution is 2.12. The normalized spacial score (nSPS) is 13.7. The summed E-state index contributed by atoms with van der Waals surface area (Å²) in [5, 5.41) is 0. The maximum atomic E-state index is 10.8.